The summed E-state index contributed by atoms with van der Waals surface area (Å²) in [5.74, 6) is -0.489. The summed E-state index contributed by atoms with van der Waals surface area (Å²) in [4.78, 5) is 23.2. The second-order valence-electron chi connectivity index (χ2n) is 4.20. The second kappa shape index (κ2) is 6.81. The van der Waals surface area contributed by atoms with Crippen LogP contribution in [0.25, 0.3) is 0 Å². The van der Waals surface area contributed by atoms with Gasteiger partial charge in [0.25, 0.3) is 11.8 Å². The first-order valence-electron chi connectivity index (χ1n) is 6.18. The summed E-state index contributed by atoms with van der Waals surface area (Å²) in [5, 5.41) is 12.8. The summed E-state index contributed by atoms with van der Waals surface area (Å²) in [7, 11) is 1.57. The Morgan fingerprint density at radius 3 is 2.33 bits per heavy atom. The number of amides is 2. The van der Waals surface area contributed by atoms with E-state index in [-0.39, 0.29) is 22.7 Å². The van der Waals surface area contributed by atoms with Crippen molar-refractivity contribution < 1.29 is 9.59 Å². The Balaban J connectivity index is 1.95. The predicted molar refractivity (Wildman–Crippen MR) is 78.0 cm³/mol. The first-order chi connectivity index (χ1) is 10.1. The lowest BCUT2D eigenvalue weighted by Crippen LogP contribution is -2.24. The molecule has 108 valence electrons. The van der Waals surface area contributed by atoms with Crippen LogP contribution >= 0.6 is 11.6 Å². The van der Waals surface area contributed by atoms with Crippen LogP contribution in [0.3, 0.4) is 0 Å². The topological polar surface area (TPSA) is 84.0 Å². The van der Waals surface area contributed by atoms with Crippen LogP contribution in [0.4, 0.5) is 0 Å². The van der Waals surface area contributed by atoms with Crippen LogP contribution < -0.4 is 10.6 Å². The molecule has 1 aromatic heterocycles. The van der Waals surface area contributed by atoms with E-state index >= 15 is 0 Å². The Morgan fingerprint density at radius 2 is 1.76 bits per heavy atom. The van der Waals surface area contributed by atoms with Gasteiger partial charge >= 0.3 is 0 Å². The van der Waals surface area contributed by atoms with E-state index in [4.69, 9.17) is 11.6 Å². The molecule has 1 heterocycles. The number of carbonyl (C=O) groups excluding carboxylic acids is 2. The van der Waals surface area contributed by atoms with E-state index in [0.29, 0.717) is 12.1 Å². The number of aromatic nitrogens is 2. The molecule has 1 aromatic carbocycles. The Morgan fingerprint density at radius 1 is 1.05 bits per heavy atom. The molecular weight excluding hydrogens is 292 g/mol. The first kappa shape index (κ1) is 14.9. The summed E-state index contributed by atoms with van der Waals surface area (Å²) in [6, 6.07) is 9.95. The maximum Gasteiger partial charge on any atom is 0.272 e. The predicted octanol–water partition coefficient (Wildman–Crippen LogP) is 1.42. The minimum Gasteiger partial charge on any atom is -0.355 e. The summed E-state index contributed by atoms with van der Waals surface area (Å²) >= 11 is 5.60. The number of nitrogens with one attached hydrogen (secondary N) is 2. The number of halogens is 1. The highest BCUT2D eigenvalue weighted by molar-refractivity contribution is 6.29. The largest absolute Gasteiger partial charge is 0.355 e. The van der Waals surface area contributed by atoms with Crippen molar-refractivity contribution in [3.63, 3.8) is 0 Å². The van der Waals surface area contributed by atoms with Crippen molar-refractivity contribution in [2.75, 3.05) is 7.05 Å². The maximum atomic E-state index is 11.8. The minimum absolute atomic E-state index is 0.151. The number of rotatable bonds is 4. The third-order valence-electron chi connectivity index (χ3n) is 2.76. The van der Waals surface area contributed by atoms with Crippen LogP contribution in [-0.4, -0.2) is 29.1 Å². The van der Waals surface area contributed by atoms with Gasteiger partial charge in [0.05, 0.1) is 0 Å². The molecule has 0 fully saturated rings. The van der Waals surface area contributed by atoms with Crippen molar-refractivity contribution in [2.24, 2.45) is 0 Å². The third kappa shape index (κ3) is 4.00. The normalized spacial score (nSPS) is 10.0. The fourth-order valence-electron chi connectivity index (χ4n) is 1.63. The molecule has 2 aromatic rings. The number of carbonyl (C=O) groups is 2. The van der Waals surface area contributed by atoms with Gasteiger partial charge in [0, 0.05) is 19.2 Å². The van der Waals surface area contributed by atoms with Gasteiger partial charge in [0.15, 0.2) is 10.8 Å². The number of nitrogens with zero attached hydrogens (tertiary/aromatic N) is 2. The van der Waals surface area contributed by atoms with Gasteiger partial charge in [-0.1, -0.05) is 23.7 Å². The van der Waals surface area contributed by atoms with Gasteiger partial charge in [-0.15, -0.1) is 10.2 Å². The average Bonchev–Trinajstić information content (AvgIpc) is 2.53. The first-order valence-corrected chi connectivity index (χ1v) is 6.56. The summed E-state index contributed by atoms with van der Waals surface area (Å²) in [5.41, 5.74) is 1.63. The van der Waals surface area contributed by atoms with Gasteiger partial charge in [0.2, 0.25) is 0 Å². The van der Waals surface area contributed by atoms with Crippen LogP contribution in [0, 0.1) is 0 Å². The Bertz CT molecular complexity index is 641. The molecule has 0 atom stereocenters. The van der Waals surface area contributed by atoms with Crippen LogP contribution in [0.15, 0.2) is 36.4 Å². The molecule has 0 aliphatic rings. The third-order valence-corrected chi connectivity index (χ3v) is 2.96. The summed E-state index contributed by atoms with van der Waals surface area (Å²) < 4.78 is 0. The molecule has 2 amide bonds. The molecule has 2 N–H and O–H groups in total. The Labute approximate surface area is 126 Å². The van der Waals surface area contributed by atoms with Crippen molar-refractivity contribution in [1.82, 2.24) is 20.8 Å². The lowest BCUT2D eigenvalue weighted by atomic mass is 10.1. The van der Waals surface area contributed by atoms with Crippen LogP contribution in [0.1, 0.15) is 26.4 Å². The lowest BCUT2D eigenvalue weighted by molar-refractivity contribution is 0.0941. The van der Waals surface area contributed by atoms with Crippen molar-refractivity contribution >= 4 is 23.4 Å². The molecule has 7 heteroatoms. The van der Waals surface area contributed by atoms with Crippen LogP contribution in [-0.2, 0) is 6.54 Å². The number of hydrogen-bond acceptors (Lipinski definition) is 4. The van der Waals surface area contributed by atoms with Gasteiger partial charge < -0.3 is 10.6 Å². The molecule has 0 bridgehead atoms. The van der Waals surface area contributed by atoms with Gasteiger partial charge in [0.1, 0.15) is 0 Å². The van der Waals surface area contributed by atoms with E-state index in [1.165, 1.54) is 12.1 Å². The second-order valence-corrected chi connectivity index (χ2v) is 4.59. The minimum atomic E-state index is -0.338. The monoisotopic (exact) mass is 304 g/mol. The zero-order valence-corrected chi connectivity index (χ0v) is 12.0. The average molecular weight is 305 g/mol. The zero-order chi connectivity index (χ0) is 15.2. The van der Waals surface area contributed by atoms with E-state index in [2.05, 4.69) is 20.8 Å². The van der Waals surface area contributed by atoms with E-state index in [9.17, 15) is 9.59 Å². The van der Waals surface area contributed by atoms with Crippen molar-refractivity contribution in [3.8, 4) is 0 Å². The fourth-order valence-corrected chi connectivity index (χ4v) is 1.73. The number of hydrogen-bond donors (Lipinski definition) is 2. The smallest absolute Gasteiger partial charge is 0.272 e. The molecule has 0 saturated heterocycles. The SMILES string of the molecule is CNC(=O)c1ccc(CNC(=O)c2ccc(Cl)nn2)cc1. The van der Waals surface area contributed by atoms with Crippen LogP contribution in [0.5, 0.6) is 0 Å². The lowest BCUT2D eigenvalue weighted by Gasteiger charge is -2.05. The van der Waals surface area contributed by atoms with Crippen molar-refractivity contribution in [2.45, 2.75) is 6.54 Å². The zero-order valence-electron chi connectivity index (χ0n) is 11.3. The molecular formula is C14H13ClN4O2. The van der Waals surface area contributed by atoms with E-state index in [1.807, 2.05) is 0 Å². The van der Waals surface area contributed by atoms with E-state index in [0.717, 1.165) is 5.56 Å². The standard InChI is InChI=1S/C14H13ClN4O2/c1-16-13(20)10-4-2-9(3-5-10)8-17-14(21)11-6-7-12(15)19-18-11/h2-7H,8H2,1H3,(H,16,20)(H,17,21). The van der Waals surface area contributed by atoms with Gasteiger partial charge in [-0.3, -0.25) is 9.59 Å². The molecule has 0 saturated carbocycles. The summed E-state index contributed by atoms with van der Waals surface area (Å²) in [6.45, 7) is 0.331. The van der Waals surface area contributed by atoms with Gasteiger partial charge in [-0.25, -0.2) is 0 Å². The van der Waals surface area contributed by atoms with Crippen molar-refractivity contribution in [1.29, 1.82) is 0 Å². The van der Waals surface area contributed by atoms with Crippen molar-refractivity contribution in [3.05, 3.63) is 58.4 Å². The molecule has 0 aliphatic heterocycles. The fraction of sp³-hybridized carbons (Fsp3) is 0.143. The van der Waals surface area contributed by atoms with Gasteiger partial charge in [-0.05, 0) is 29.8 Å². The van der Waals surface area contributed by atoms with Gasteiger partial charge in [-0.2, -0.15) is 0 Å². The highest BCUT2D eigenvalue weighted by atomic mass is 35.5. The quantitative estimate of drug-likeness (QED) is 0.895. The number of benzene rings is 1. The molecule has 2 rings (SSSR count). The molecule has 0 radical (unpaired) electrons. The Kier molecular flexibility index (Phi) is 4.84. The van der Waals surface area contributed by atoms with E-state index in [1.54, 1.807) is 31.3 Å². The molecule has 0 spiro atoms. The highest BCUT2D eigenvalue weighted by Gasteiger charge is 2.08. The molecule has 21 heavy (non-hydrogen) atoms. The van der Waals surface area contributed by atoms with Crippen LogP contribution in [0.2, 0.25) is 5.15 Å². The Hall–Kier alpha value is -2.47. The molecule has 0 aliphatic carbocycles. The molecule has 0 unspecified atom stereocenters. The summed E-state index contributed by atoms with van der Waals surface area (Å²) in [6.07, 6.45) is 0. The highest BCUT2D eigenvalue weighted by Crippen LogP contribution is 2.05. The maximum absolute atomic E-state index is 11.8. The molecule has 6 nitrogen and oxygen atoms in total. The van der Waals surface area contributed by atoms with E-state index < -0.39 is 0 Å².